The fourth-order valence-electron chi connectivity index (χ4n) is 3.42. The number of unbranched alkanes of at least 4 members (excludes halogenated alkanes) is 1. The van der Waals surface area contributed by atoms with Crippen LogP contribution in [0.3, 0.4) is 0 Å². The fraction of sp³-hybridized carbons (Fsp3) is 0.381. The second-order valence-corrected chi connectivity index (χ2v) is 7.77. The number of hydrogen-bond acceptors (Lipinski definition) is 5. The Morgan fingerprint density at radius 3 is 2.90 bits per heavy atom. The van der Waals surface area contributed by atoms with Gasteiger partial charge >= 0.3 is 0 Å². The van der Waals surface area contributed by atoms with Gasteiger partial charge in [0.2, 0.25) is 0 Å². The van der Waals surface area contributed by atoms with Crippen LogP contribution in [-0.2, 0) is 7.05 Å². The number of hydrogen-bond donors (Lipinski definition) is 1. The minimum Gasteiger partial charge on any atom is -0.351 e. The largest absolute Gasteiger partial charge is 0.351 e. The summed E-state index contributed by atoms with van der Waals surface area (Å²) in [6, 6.07) is 9.10. The quantitative estimate of drug-likeness (QED) is 0.598. The average molecular weight is 409 g/mol. The first-order valence-corrected chi connectivity index (χ1v) is 10.1. The predicted octanol–water partition coefficient (Wildman–Crippen LogP) is 3.87. The number of aromatic nitrogens is 4. The number of amides is 1. The van der Waals surface area contributed by atoms with Gasteiger partial charge in [-0.25, -0.2) is 9.67 Å². The van der Waals surface area contributed by atoms with E-state index in [2.05, 4.69) is 26.7 Å². The van der Waals surface area contributed by atoms with Gasteiger partial charge in [-0.3, -0.25) is 4.79 Å². The molecule has 1 aliphatic carbocycles. The van der Waals surface area contributed by atoms with Crippen molar-refractivity contribution >= 4 is 28.4 Å². The van der Waals surface area contributed by atoms with Crippen LogP contribution >= 0.6 is 11.6 Å². The summed E-state index contributed by atoms with van der Waals surface area (Å²) in [6.45, 7) is 0.604. The van der Waals surface area contributed by atoms with Crippen molar-refractivity contribution in [2.24, 2.45) is 13.0 Å². The molecular formula is C21H21ClN6O. The SMILES string of the molecule is Cn1nnc(-c2cc(C(=O)NCCCCC3CC3)nc3c(C#N)cccc23)c1Cl. The van der Waals surface area contributed by atoms with Crippen LogP contribution in [0.25, 0.3) is 22.2 Å². The van der Waals surface area contributed by atoms with E-state index in [1.807, 2.05) is 6.07 Å². The number of aryl methyl sites for hydroxylation is 1. The molecule has 1 saturated carbocycles. The van der Waals surface area contributed by atoms with Crippen molar-refractivity contribution in [3.63, 3.8) is 0 Å². The molecule has 0 spiro atoms. The first kappa shape index (κ1) is 19.3. The van der Waals surface area contributed by atoms with E-state index in [0.717, 1.165) is 18.8 Å². The summed E-state index contributed by atoms with van der Waals surface area (Å²) in [5, 5.41) is 21.6. The highest BCUT2D eigenvalue weighted by Gasteiger charge is 2.21. The molecule has 1 N–H and O–H groups in total. The number of carbonyl (C=O) groups excluding carboxylic acids is 1. The maximum absolute atomic E-state index is 12.7. The van der Waals surface area contributed by atoms with Gasteiger partial charge < -0.3 is 5.32 Å². The molecule has 8 heteroatoms. The number of fused-ring (bicyclic) bond motifs is 1. The summed E-state index contributed by atoms with van der Waals surface area (Å²) in [6.07, 6.45) is 6.01. The van der Waals surface area contributed by atoms with Gasteiger partial charge in [0, 0.05) is 24.5 Å². The molecule has 0 atom stereocenters. The lowest BCUT2D eigenvalue weighted by molar-refractivity contribution is 0.0948. The van der Waals surface area contributed by atoms with Gasteiger partial charge in [-0.2, -0.15) is 5.26 Å². The second kappa shape index (κ2) is 8.18. The average Bonchev–Trinajstić information content (AvgIpc) is 3.50. The van der Waals surface area contributed by atoms with E-state index in [9.17, 15) is 10.1 Å². The number of rotatable bonds is 7. The minimum atomic E-state index is -0.271. The van der Waals surface area contributed by atoms with Gasteiger partial charge in [-0.15, -0.1) is 5.10 Å². The molecule has 148 valence electrons. The van der Waals surface area contributed by atoms with E-state index in [1.165, 1.54) is 23.9 Å². The van der Waals surface area contributed by atoms with E-state index in [1.54, 1.807) is 25.2 Å². The third-order valence-electron chi connectivity index (χ3n) is 5.23. The molecule has 7 nitrogen and oxygen atoms in total. The van der Waals surface area contributed by atoms with E-state index in [-0.39, 0.29) is 11.6 Å². The van der Waals surface area contributed by atoms with Crippen LogP contribution in [0.4, 0.5) is 0 Å². The van der Waals surface area contributed by atoms with Crippen molar-refractivity contribution in [2.45, 2.75) is 32.1 Å². The summed E-state index contributed by atoms with van der Waals surface area (Å²) < 4.78 is 1.46. The summed E-state index contributed by atoms with van der Waals surface area (Å²) >= 11 is 6.35. The van der Waals surface area contributed by atoms with Gasteiger partial charge in [0.25, 0.3) is 5.91 Å². The molecule has 29 heavy (non-hydrogen) atoms. The van der Waals surface area contributed by atoms with Crippen LogP contribution in [0, 0.1) is 17.2 Å². The van der Waals surface area contributed by atoms with Crippen molar-refractivity contribution < 1.29 is 4.79 Å². The number of nitriles is 1. The van der Waals surface area contributed by atoms with Crippen LogP contribution < -0.4 is 5.32 Å². The lowest BCUT2D eigenvalue weighted by Gasteiger charge is -2.10. The Kier molecular flexibility index (Phi) is 5.45. The third kappa shape index (κ3) is 4.08. The Balaban J connectivity index is 1.65. The van der Waals surface area contributed by atoms with Crippen LogP contribution in [0.5, 0.6) is 0 Å². The lowest BCUT2D eigenvalue weighted by Crippen LogP contribution is -2.25. The maximum atomic E-state index is 12.7. The maximum Gasteiger partial charge on any atom is 0.269 e. The van der Waals surface area contributed by atoms with E-state index >= 15 is 0 Å². The summed E-state index contributed by atoms with van der Waals surface area (Å²) in [4.78, 5) is 17.2. The molecule has 0 aliphatic heterocycles. The van der Waals surface area contributed by atoms with E-state index in [4.69, 9.17) is 11.6 Å². The number of para-hydroxylation sites is 1. The highest BCUT2D eigenvalue weighted by Crippen LogP contribution is 2.34. The molecule has 0 unspecified atom stereocenters. The molecule has 1 amide bonds. The second-order valence-electron chi connectivity index (χ2n) is 7.42. The zero-order valence-electron chi connectivity index (χ0n) is 16.2. The van der Waals surface area contributed by atoms with Crippen molar-refractivity contribution in [3.05, 3.63) is 40.7 Å². The molecule has 1 aliphatic rings. The first-order valence-electron chi connectivity index (χ1n) is 9.76. The number of halogens is 1. The normalized spacial score (nSPS) is 13.4. The topological polar surface area (TPSA) is 96.5 Å². The van der Waals surface area contributed by atoms with Crippen molar-refractivity contribution in [1.29, 1.82) is 5.26 Å². The summed E-state index contributed by atoms with van der Waals surface area (Å²) in [7, 11) is 1.69. The van der Waals surface area contributed by atoms with Crippen LogP contribution in [0.2, 0.25) is 5.15 Å². The Morgan fingerprint density at radius 1 is 1.38 bits per heavy atom. The Bertz CT molecular complexity index is 1110. The van der Waals surface area contributed by atoms with Gasteiger partial charge in [0.1, 0.15) is 17.5 Å². The summed E-state index contributed by atoms with van der Waals surface area (Å²) in [5.41, 5.74) is 2.16. The van der Waals surface area contributed by atoms with Crippen LogP contribution in [0.1, 0.15) is 48.2 Å². The molecule has 0 radical (unpaired) electrons. The number of benzene rings is 1. The molecule has 3 aromatic rings. The molecule has 0 saturated heterocycles. The number of nitrogens with zero attached hydrogens (tertiary/aromatic N) is 5. The van der Waals surface area contributed by atoms with Crippen molar-refractivity contribution in [3.8, 4) is 17.3 Å². The van der Waals surface area contributed by atoms with Gasteiger partial charge in [-0.05, 0) is 24.5 Å². The Hall–Kier alpha value is -2.98. The first-order chi connectivity index (χ1) is 14.1. The molecular weight excluding hydrogens is 388 g/mol. The van der Waals surface area contributed by atoms with Crippen molar-refractivity contribution in [2.75, 3.05) is 6.54 Å². The predicted molar refractivity (Wildman–Crippen MR) is 110 cm³/mol. The van der Waals surface area contributed by atoms with Crippen molar-refractivity contribution in [1.82, 2.24) is 25.3 Å². The molecule has 1 aromatic carbocycles. The zero-order valence-corrected chi connectivity index (χ0v) is 16.9. The van der Waals surface area contributed by atoms with Gasteiger partial charge in [0.15, 0.2) is 5.15 Å². The number of pyridine rings is 1. The third-order valence-corrected chi connectivity index (χ3v) is 5.65. The van der Waals surface area contributed by atoms with E-state index < -0.39 is 0 Å². The standard InChI is InChI=1S/C21H21ClN6O/c1-28-20(22)19(26-27-28)16-11-17(21(29)24-10-3-2-5-13-8-9-13)25-18-14(12-23)6-4-7-15(16)18/h4,6-7,11,13H,2-3,5,8-10H2,1H3,(H,24,29). The summed E-state index contributed by atoms with van der Waals surface area (Å²) in [5.74, 6) is 0.629. The highest BCUT2D eigenvalue weighted by atomic mass is 35.5. The van der Waals surface area contributed by atoms with E-state index in [0.29, 0.717) is 39.4 Å². The molecule has 1 fully saturated rings. The fourth-order valence-corrected chi connectivity index (χ4v) is 3.59. The smallest absolute Gasteiger partial charge is 0.269 e. The van der Waals surface area contributed by atoms with Gasteiger partial charge in [-0.1, -0.05) is 54.6 Å². The molecule has 2 heterocycles. The van der Waals surface area contributed by atoms with Crippen LogP contribution in [-0.4, -0.2) is 32.4 Å². The lowest BCUT2D eigenvalue weighted by atomic mass is 10.0. The Morgan fingerprint density at radius 2 is 2.21 bits per heavy atom. The Labute approximate surface area is 173 Å². The van der Waals surface area contributed by atoms with Gasteiger partial charge in [0.05, 0.1) is 11.1 Å². The monoisotopic (exact) mass is 408 g/mol. The highest BCUT2D eigenvalue weighted by molar-refractivity contribution is 6.32. The zero-order chi connectivity index (χ0) is 20.4. The molecule has 4 rings (SSSR count). The number of nitrogens with one attached hydrogen (secondary N) is 1. The molecule has 2 aromatic heterocycles. The minimum absolute atomic E-state index is 0.235. The molecule has 0 bridgehead atoms. The van der Waals surface area contributed by atoms with Crippen LogP contribution in [0.15, 0.2) is 24.3 Å². The number of carbonyl (C=O) groups is 1.